The van der Waals surface area contributed by atoms with Gasteiger partial charge in [0, 0.05) is 34.3 Å². The summed E-state index contributed by atoms with van der Waals surface area (Å²) in [4.78, 5) is 12.4. The fourth-order valence-corrected chi connectivity index (χ4v) is 6.99. The number of rotatable bonds is 5. The number of ether oxygens (including phenoxy) is 1. The molecule has 2 atom stereocenters. The number of allylic oxidation sites excluding steroid dienone is 2. The summed E-state index contributed by atoms with van der Waals surface area (Å²) in [5.41, 5.74) is 7.02. The summed E-state index contributed by atoms with van der Waals surface area (Å²) in [7, 11) is 0. The van der Waals surface area contributed by atoms with Crippen molar-refractivity contribution < 1.29 is 4.74 Å². The Morgan fingerprint density at radius 2 is 1.35 bits per heavy atom. The Morgan fingerprint density at radius 1 is 0.633 bits per heavy atom. The Bertz CT molecular complexity index is 2260. The van der Waals surface area contributed by atoms with Gasteiger partial charge in [-0.05, 0) is 76.6 Å². The smallest absolute Gasteiger partial charge is 0.137 e. The summed E-state index contributed by atoms with van der Waals surface area (Å²) in [6.45, 7) is 13.7. The molecule has 0 N–H and O–H groups in total. The van der Waals surface area contributed by atoms with E-state index < -0.39 is 0 Å². The lowest BCUT2D eigenvalue weighted by Gasteiger charge is -2.33. The van der Waals surface area contributed by atoms with Gasteiger partial charge in [-0.3, -0.25) is 9.56 Å². The highest BCUT2D eigenvalue weighted by molar-refractivity contribution is 6.13. The molecule has 2 unspecified atom stereocenters. The summed E-state index contributed by atoms with van der Waals surface area (Å²) in [6.07, 6.45) is 10.6. The molecule has 8 rings (SSSR count). The van der Waals surface area contributed by atoms with Crippen LogP contribution in [0.2, 0.25) is 0 Å². The predicted molar refractivity (Wildman–Crippen MR) is 204 cm³/mol. The molecule has 3 heterocycles. The van der Waals surface area contributed by atoms with Crippen LogP contribution in [0.4, 0.5) is 5.69 Å². The van der Waals surface area contributed by atoms with Crippen LogP contribution in [0.3, 0.4) is 0 Å². The lowest BCUT2D eigenvalue weighted by Crippen LogP contribution is -2.39. The molecule has 0 saturated carbocycles. The Kier molecular flexibility index (Phi) is 7.33. The topological polar surface area (TPSA) is 42.6 Å². The standard InChI is InChI=1S/C44H42N4O/c1-43(2,3)30-25-31(44(4,5)6)27-32(26-30)47-39-19-10-8-17-37(39)46-42(47)29-14-13-15-33(24-29)49-34-21-22-36-35-16-7-9-18-38(35)48(40(36)28-34)41-20-11-12-23-45-41/h7-28,37,39H,1-6H3. The summed E-state index contributed by atoms with van der Waals surface area (Å²) < 4.78 is 8.83. The molecule has 5 nitrogen and oxygen atoms in total. The first-order valence-corrected chi connectivity index (χ1v) is 17.2. The van der Waals surface area contributed by atoms with Gasteiger partial charge in [-0.2, -0.15) is 0 Å². The van der Waals surface area contributed by atoms with Crippen LogP contribution in [-0.2, 0) is 10.8 Å². The fourth-order valence-electron chi connectivity index (χ4n) is 6.99. The van der Waals surface area contributed by atoms with E-state index in [0.29, 0.717) is 0 Å². The van der Waals surface area contributed by atoms with Gasteiger partial charge in [0.25, 0.3) is 0 Å². The van der Waals surface area contributed by atoms with E-state index in [1.807, 2.05) is 30.5 Å². The zero-order valence-electron chi connectivity index (χ0n) is 29.1. The van der Waals surface area contributed by atoms with Gasteiger partial charge in [0.2, 0.25) is 0 Å². The lowest BCUT2D eigenvalue weighted by atomic mass is 9.80. The average molecular weight is 643 g/mol. The molecule has 0 spiro atoms. The second-order valence-corrected chi connectivity index (χ2v) is 15.2. The molecule has 1 aliphatic carbocycles. The van der Waals surface area contributed by atoms with Crippen LogP contribution < -0.4 is 9.64 Å². The maximum atomic E-state index is 6.63. The van der Waals surface area contributed by atoms with E-state index in [0.717, 1.165) is 45.1 Å². The Labute approximate surface area is 288 Å². The number of pyridine rings is 1. The van der Waals surface area contributed by atoms with Gasteiger partial charge in [0.1, 0.15) is 23.2 Å². The number of aliphatic imine (C=N–C) groups is 1. The molecule has 0 saturated heterocycles. The maximum absolute atomic E-state index is 6.63. The lowest BCUT2D eigenvalue weighted by molar-refractivity contribution is 0.483. The molecular formula is C44H42N4O. The number of para-hydroxylation sites is 1. The summed E-state index contributed by atoms with van der Waals surface area (Å²) in [5, 5.41) is 2.35. The normalized spacial score (nSPS) is 17.5. The Hall–Kier alpha value is -5.42. The third kappa shape index (κ3) is 5.63. The SMILES string of the molecule is CC(C)(C)c1cc(N2C(c3cccc(Oc4ccc5c6ccccc6n(-c6ccccn6)c5c4)c3)=NC3C=CC=CC32)cc(C(C)(C)C)c1. The van der Waals surface area contributed by atoms with Crippen LogP contribution in [0.25, 0.3) is 27.6 Å². The van der Waals surface area contributed by atoms with Gasteiger partial charge in [0.15, 0.2) is 0 Å². The highest BCUT2D eigenvalue weighted by Gasteiger charge is 2.37. The minimum absolute atomic E-state index is 0.00584. The van der Waals surface area contributed by atoms with Gasteiger partial charge < -0.3 is 9.64 Å². The van der Waals surface area contributed by atoms with Crippen LogP contribution in [0.1, 0.15) is 58.2 Å². The monoisotopic (exact) mass is 642 g/mol. The molecular weight excluding hydrogens is 601 g/mol. The second kappa shape index (κ2) is 11.6. The minimum atomic E-state index is 0.00584. The summed E-state index contributed by atoms with van der Waals surface area (Å²) in [5.74, 6) is 3.36. The number of aromatic nitrogens is 2. The van der Waals surface area contributed by atoms with Crippen molar-refractivity contribution in [2.24, 2.45) is 4.99 Å². The molecule has 0 bridgehead atoms. The molecule has 1 aliphatic heterocycles. The van der Waals surface area contributed by atoms with Crippen molar-refractivity contribution in [3.8, 4) is 17.3 Å². The van der Waals surface area contributed by atoms with Crippen molar-refractivity contribution in [3.05, 3.63) is 150 Å². The number of hydrogen-bond acceptors (Lipinski definition) is 4. The summed E-state index contributed by atoms with van der Waals surface area (Å²) >= 11 is 0. The van der Waals surface area contributed by atoms with E-state index in [4.69, 9.17) is 9.73 Å². The van der Waals surface area contributed by atoms with Gasteiger partial charge >= 0.3 is 0 Å². The molecule has 244 valence electrons. The van der Waals surface area contributed by atoms with Crippen molar-refractivity contribution in [2.75, 3.05) is 4.90 Å². The van der Waals surface area contributed by atoms with Crippen molar-refractivity contribution >= 4 is 33.3 Å². The molecule has 49 heavy (non-hydrogen) atoms. The summed E-state index contributed by atoms with van der Waals surface area (Å²) in [6, 6.07) is 36.4. The number of benzene rings is 4. The van der Waals surface area contributed by atoms with Crippen LogP contribution in [0.15, 0.2) is 139 Å². The number of fused-ring (bicyclic) bond motifs is 4. The minimum Gasteiger partial charge on any atom is -0.457 e. The third-order valence-electron chi connectivity index (χ3n) is 9.65. The first-order chi connectivity index (χ1) is 23.5. The van der Waals surface area contributed by atoms with Gasteiger partial charge in [-0.1, -0.05) is 108 Å². The molecule has 2 aromatic heterocycles. The highest BCUT2D eigenvalue weighted by Crippen LogP contribution is 2.39. The number of nitrogens with zero attached hydrogens (tertiary/aromatic N) is 4. The van der Waals surface area contributed by atoms with E-state index in [9.17, 15) is 0 Å². The number of hydrogen-bond donors (Lipinski definition) is 0. The number of amidine groups is 1. The van der Waals surface area contributed by atoms with Crippen molar-refractivity contribution in [1.82, 2.24) is 9.55 Å². The number of anilines is 1. The Morgan fingerprint density at radius 3 is 2.10 bits per heavy atom. The molecule has 6 aromatic rings. The van der Waals surface area contributed by atoms with Crippen molar-refractivity contribution in [3.63, 3.8) is 0 Å². The third-order valence-corrected chi connectivity index (χ3v) is 9.65. The predicted octanol–water partition coefficient (Wildman–Crippen LogP) is 10.7. The Balaban J connectivity index is 1.19. The molecule has 4 aromatic carbocycles. The fraction of sp³-hybridized carbons (Fsp3) is 0.227. The first kappa shape index (κ1) is 30.9. The second-order valence-electron chi connectivity index (χ2n) is 15.2. The quantitative estimate of drug-likeness (QED) is 0.188. The van der Waals surface area contributed by atoms with E-state index in [-0.39, 0.29) is 22.9 Å². The zero-order chi connectivity index (χ0) is 33.9. The molecule has 5 heteroatoms. The largest absolute Gasteiger partial charge is 0.457 e. The van der Waals surface area contributed by atoms with E-state index in [1.54, 1.807) is 0 Å². The van der Waals surface area contributed by atoms with E-state index in [1.165, 1.54) is 22.2 Å². The zero-order valence-corrected chi connectivity index (χ0v) is 29.1. The maximum Gasteiger partial charge on any atom is 0.137 e. The van der Waals surface area contributed by atoms with E-state index in [2.05, 4.69) is 159 Å². The van der Waals surface area contributed by atoms with Crippen molar-refractivity contribution in [1.29, 1.82) is 0 Å². The molecule has 0 amide bonds. The van der Waals surface area contributed by atoms with Gasteiger partial charge in [0.05, 0.1) is 23.1 Å². The van der Waals surface area contributed by atoms with Crippen LogP contribution in [0.5, 0.6) is 11.5 Å². The average Bonchev–Trinajstić information content (AvgIpc) is 3.64. The van der Waals surface area contributed by atoms with Crippen LogP contribution in [0, 0.1) is 0 Å². The van der Waals surface area contributed by atoms with E-state index >= 15 is 0 Å². The van der Waals surface area contributed by atoms with Crippen LogP contribution in [-0.4, -0.2) is 27.5 Å². The first-order valence-electron chi connectivity index (χ1n) is 17.2. The molecule has 0 radical (unpaired) electrons. The van der Waals surface area contributed by atoms with Crippen molar-refractivity contribution in [2.45, 2.75) is 64.5 Å². The molecule has 2 aliphatic rings. The van der Waals surface area contributed by atoms with Crippen LogP contribution >= 0.6 is 0 Å². The van der Waals surface area contributed by atoms with Gasteiger partial charge in [-0.15, -0.1) is 0 Å². The van der Waals surface area contributed by atoms with Gasteiger partial charge in [-0.25, -0.2) is 4.98 Å². The molecule has 0 fully saturated rings. The highest BCUT2D eigenvalue weighted by atomic mass is 16.5.